The van der Waals surface area contributed by atoms with Crippen molar-refractivity contribution in [3.8, 4) is 0 Å². The Bertz CT molecular complexity index is 1190. The van der Waals surface area contributed by atoms with Gasteiger partial charge in [-0.15, -0.1) is 22.7 Å². The van der Waals surface area contributed by atoms with E-state index in [0.717, 1.165) is 49.0 Å². The first-order chi connectivity index (χ1) is 13.9. The Morgan fingerprint density at radius 3 is 2.72 bits per heavy atom. The lowest BCUT2D eigenvalue weighted by Gasteiger charge is -2.22. The van der Waals surface area contributed by atoms with Crippen molar-refractivity contribution >= 4 is 22.7 Å². The van der Waals surface area contributed by atoms with Crippen molar-refractivity contribution in [1.29, 1.82) is 0 Å². The summed E-state index contributed by atoms with van der Waals surface area (Å²) >= 11 is 3.38. The molecule has 1 saturated heterocycles. The first-order valence-electron chi connectivity index (χ1n) is 9.80. The van der Waals surface area contributed by atoms with Crippen LogP contribution in [0.4, 0.5) is 0 Å². The summed E-state index contributed by atoms with van der Waals surface area (Å²) in [6.07, 6.45) is 1.78. The Morgan fingerprint density at radius 2 is 2.00 bits per heavy atom. The number of rotatable bonds is 4. The van der Waals surface area contributed by atoms with Crippen molar-refractivity contribution in [2.75, 3.05) is 13.1 Å². The number of likely N-dealkylation sites (tertiary alicyclic amines) is 1. The van der Waals surface area contributed by atoms with E-state index in [1.54, 1.807) is 4.57 Å². The van der Waals surface area contributed by atoms with Crippen molar-refractivity contribution in [2.45, 2.75) is 46.3 Å². The summed E-state index contributed by atoms with van der Waals surface area (Å²) < 4.78 is 2.91. The minimum absolute atomic E-state index is 0.00824. The Kier molecular flexibility index (Phi) is 4.56. The highest BCUT2D eigenvalue weighted by molar-refractivity contribution is 7.11. The third kappa shape index (κ3) is 3.51. The average molecular weight is 430 g/mol. The van der Waals surface area contributed by atoms with Crippen molar-refractivity contribution in [3.63, 3.8) is 0 Å². The fraction of sp³-hybridized carbons (Fsp3) is 0.500. The van der Waals surface area contributed by atoms with Crippen molar-refractivity contribution in [2.24, 2.45) is 5.41 Å². The molecule has 0 amide bonds. The number of thiophene rings is 1. The zero-order chi connectivity index (χ0) is 20.2. The van der Waals surface area contributed by atoms with Crippen LogP contribution >= 0.6 is 22.7 Å². The predicted octanol–water partition coefficient (Wildman–Crippen LogP) is 2.04. The van der Waals surface area contributed by atoms with Gasteiger partial charge in [0, 0.05) is 46.6 Å². The van der Waals surface area contributed by atoms with Gasteiger partial charge in [-0.2, -0.15) is 5.10 Å². The number of thiazole rings is 1. The summed E-state index contributed by atoms with van der Waals surface area (Å²) in [5.41, 5.74) is -0.224. The molecule has 0 bridgehead atoms. The van der Waals surface area contributed by atoms with Crippen LogP contribution in [0.5, 0.6) is 0 Å². The lowest BCUT2D eigenvalue weighted by Crippen LogP contribution is -2.43. The highest BCUT2D eigenvalue weighted by Crippen LogP contribution is 2.39. The third-order valence-corrected chi connectivity index (χ3v) is 7.72. The average Bonchev–Trinajstić information content (AvgIpc) is 3.44. The highest BCUT2D eigenvalue weighted by atomic mass is 32.1. The lowest BCUT2D eigenvalue weighted by atomic mass is 9.86. The van der Waals surface area contributed by atoms with Gasteiger partial charge in [-0.3, -0.25) is 19.1 Å². The third-order valence-electron chi connectivity index (χ3n) is 5.91. The van der Waals surface area contributed by atoms with Crippen LogP contribution in [0, 0.1) is 19.3 Å². The molecule has 1 fully saturated rings. The Hall–Kier alpha value is -2.10. The maximum Gasteiger partial charge on any atom is 0.332 e. The summed E-state index contributed by atoms with van der Waals surface area (Å²) in [4.78, 5) is 34.9. The number of aromatic nitrogens is 4. The second-order valence-electron chi connectivity index (χ2n) is 8.28. The molecule has 0 radical (unpaired) electrons. The van der Waals surface area contributed by atoms with Crippen molar-refractivity contribution in [3.05, 3.63) is 64.5 Å². The Labute approximate surface area is 176 Å². The summed E-state index contributed by atoms with van der Waals surface area (Å²) in [7, 11) is 0. The monoisotopic (exact) mass is 429 g/mol. The van der Waals surface area contributed by atoms with E-state index in [4.69, 9.17) is 0 Å². The zero-order valence-electron chi connectivity index (χ0n) is 16.6. The molecule has 0 aromatic carbocycles. The van der Waals surface area contributed by atoms with Crippen LogP contribution in [0.2, 0.25) is 0 Å². The second-order valence-corrected chi connectivity index (χ2v) is 10.7. The van der Waals surface area contributed by atoms with Crippen LogP contribution in [-0.2, 0) is 26.1 Å². The molecule has 2 aliphatic heterocycles. The Morgan fingerprint density at radius 1 is 1.14 bits per heavy atom. The van der Waals surface area contributed by atoms with Crippen LogP contribution in [0.1, 0.15) is 32.7 Å². The first-order valence-corrected chi connectivity index (χ1v) is 11.5. The number of aryl methyl sites for hydroxylation is 2. The van der Waals surface area contributed by atoms with Gasteiger partial charge in [-0.05, 0) is 38.9 Å². The van der Waals surface area contributed by atoms with Crippen molar-refractivity contribution in [1.82, 2.24) is 24.2 Å². The zero-order valence-corrected chi connectivity index (χ0v) is 18.2. The second kappa shape index (κ2) is 7.00. The van der Waals surface area contributed by atoms with E-state index in [9.17, 15) is 9.59 Å². The van der Waals surface area contributed by atoms with Gasteiger partial charge in [0.15, 0.2) is 0 Å². The molecule has 1 spiro atoms. The standard InChI is InChI=1S/C20H23N5O2S2/c1-13-3-4-16(29-13)9-23-6-5-20(11-23)7-17-22-25(8-15-10-28-14(2)21-15)19(27)18(26)24(17)12-20/h3-4,10H,5-9,11-12H2,1-2H3/t20-/m1/s1. The van der Waals surface area contributed by atoms with Gasteiger partial charge in [-0.1, -0.05) is 0 Å². The molecule has 152 valence electrons. The van der Waals surface area contributed by atoms with Gasteiger partial charge in [0.1, 0.15) is 5.82 Å². The number of fused-ring (bicyclic) bond motifs is 1. The normalized spacial score (nSPS) is 21.3. The van der Waals surface area contributed by atoms with Crippen LogP contribution < -0.4 is 11.1 Å². The molecule has 5 rings (SSSR count). The first kappa shape index (κ1) is 18.9. The Balaban J connectivity index is 1.37. The predicted molar refractivity (Wildman–Crippen MR) is 114 cm³/mol. The fourth-order valence-corrected chi connectivity index (χ4v) is 6.11. The molecular weight excluding hydrogens is 406 g/mol. The molecule has 2 aliphatic rings. The molecule has 0 saturated carbocycles. The van der Waals surface area contributed by atoms with Gasteiger partial charge >= 0.3 is 11.1 Å². The summed E-state index contributed by atoms with van der Waals surface area (Å²) in [6.45, 7) is 7.81. The van der Waals surface area contributed by atoms with Gasteiger partial charge < -0.3 is 0 Å². The molecule has 9 heteroatoms. The van der Waals surface area contributed by atoms with Crippen LogP contribution in [-0.4, -0.2) is 37.3 Å². The largest absolute Gasteiger partial charge is 0.332 e. The van der Waals surface area contributed by atoms with E-state index in [0.29, 0.717) is 6.54 Å². The minimum atomic E-state index is -0.555. The van der Waals surface area contributed by atoms with Gasteiger partial charge in [0.05, 0.1) is 17.2 Å². The number of nitrogens with zero attached hydrogens (tertiary/aromatic N) is 5. The van der Waals surface area contributed by atoms with E-state index in [-0.39, 0.29) is 12.0 Å². The molecule has 3 aromatic rings. The number of hydrogen-bond donors (Lipinski definition) is 0. The highest BCUT2D eigenvalue weighted by Gasteiger charge is 2.44. The van der Waals surface area contributed by atoms with E-state index in [1.165, 1.54) is 25.8 Å². The molecule has 0 unspecified atom stereocenters. The molecule has 0 aliphatic carbocycles. The summed E-state index contributed by atoms with van der Waals surface area (Å²) in [6, 6.07) is 4.37. The van der Waals surface area contributed by atoms with E-state index in [1.807, 2.05) is 23.6 Å². The van der Waals surface area contributed by atoms with E-state index < -0.39 is 11.1 Å². The lowest BCUT2D eigenvalue weighted by molar-refractivity contribution is 0.247. The van der Waals surface area contributed by atoms with Crippen LogP contribution in [0.3, 0.4) is 0 Å². The number of hydrogen-bond acceptors (Lipinski definition) is 7. The molecule has 5 heterocycles. The van der Waals surface area contributed by atoms with Gasteiger partial charge in [-0.25, -0.2) is 9.67 Å². The summed E-state index contributed by atoms with van der Waals surface area (Å²) in [5.74, 6) is 0.732. The maximum atomic E-state index is 12.8. The van der Waals surface area contributed by atoms with E-state index in [2.05, 4.69) is 34.0 Å². The minimum Gasteiger partial charge on any atom is -0.298 e. The molecular formula is C20H23N5O2S2. The summed E-state index contributed by atoms with van der Waals surface area (Å²) in [5, 5.41) is 7.42. The fourth-order valence-electron chi connectivity index (χ4n) is 4.57. The topological polar surface area (TPSA) is 73.0 Å². The molecule has 7 nitrogen and oxygen atoms in total. The van der Waals surface area contributed by atoms with Gasteiger partial charge in [0.25, 0.3) is 0 Å². The van der Waals surface area contributed by atoms with Crippen LogP contribution in [0.15, 0.2) is 27.1 Å². The van der Waals surface area contributed by atoms with E-state index >= 15 is 0 Å². The smallest absolute Gasteiger partial charge is 0.298 e. The molecule has 3 aromatic heterocycles. The van der Waals surface area contributed by atoms with Crippen LogP contribution in [0.25, 0.3) is 0 Å². The van der Waals surface area contributed by atoms with Crippen molar-refractivity contribution < 1.29 is 0 Å². The molecule has 1 atom stereocenters. The molecule has 29 heavy (non-hydrogen) atoms. The SMILES string of the molecule is Cc1ccc(CN2CC[C@@]3(Cc4nn(Cc5csc(C)n5)c(=O)c(=O)n4C3)C2)s1. The quantitative estimate of drug-likeness (QED) is 0.594. The maximum absolute atomic E-state index is 12.8. The molecule has 0 N–H and O–H groups in total. The van der Waals surface area contributed by atoms with Gasteiger partial charge in [0.2, 0.25) is 0 Å².